The largest absolute Gasteiger partial charge is 0.508 e. The van der Waals surface area contributed by atoms with E-state index < -0.39 is 11.7 Å². The Hall–Kier alpha value is -1.38. The molecule has 0 amide bonds. The second-order valence-corrected chi connectivity index (χ2v) is 2.60. The number of hydrogen-bond acceptors (Lipinski definition) is 2. The van der Waals surface area contributed by atoms with Gasteiger partial charge in [-0.15, -0.1) is 0 Å². The molecular formula is C9H9FO2. The van der Waals surface area contributed by atoms with Crippen molar-refractivity contribution in [2.45, 2.75) is 12.8 Å². The normalized spacial score (nSPS) is 12.5. The maximum Gasteiger partial charge on any atom is 0.130 e. The number of benzene rings is 1. The van der Waals surface area contributed by atoms with Crippen molar-refractivity contribution >= 4 is 6.29 Å². The predicted molar refractivity (Wildman–Crippen MR) is 42.5 cm³/mol. The van der Waals surface area contributed by atoms with Crippen molar-refractivity contribution in [3.8, 4) is 5.75 Å². The number of rotatable bonds is 2. The van der Waals surface area contributed by atoms with Crippen LogP contribution in [-0.4, -0.2) is 11.4 Å². The SMILES string of the molecule is CC(C=O)c1c(O)cccc1F. The molecule has 1 aromatic rings. The molecule has 12 heavy (non-hydrogen) atoms. The number of aldehydes is 1. The second kappa shape index (κ2) is 3.34. The molecule has 2 nitrogen and oxygen atoms in total. The Balaban J connectivity index is 3.20. The Kier molecular flexibility index (Phi) is 2.43. The summed E-state index contributed by atoms with van der Waals surface area (Å²) in [6.45, 7) is 1.53. The molecule has 3 heteroatoms. The van der Waals surface area contributed by atoms with E-state index in [0.29, 0.717) is 6.29 Å². The number of hydrogen-bond donors (Lipinski definition) is 1. The third kappa shape index (κ3) is 1.44. The summed E-state index contributed by atoms with van der Waals surface area (Å²) >= 11 is 0. The first kappa shape index (κ1) is 8.71. The lowest BCUT2D eigenvalue weighted by Gasteiger charge is -2.07. The van der Waals surface area contributed by atoms with Gasteiger partial charge in [-0.25, -0.2) is 4.39 Å². The van der Waals surface area contributed by atoms with E-state index in [0.717, 1.165) is 0 Å². The van der Waals surface area contributed by atoms with Crippen LogP contribution in [0.5, 0.6) is 5.75 Å². The first-order valence-electron chi connectivity index (χ1n) is 3.59. The quantitative estimate of drug-likeness (QED) is 0.684. The van der Waals surface area contributed by atoms with Crippen LogP contribution in [0.3, 0.4) is 0 Å². The molecule has 0 spiro atoms. The van der Waals surface area contributed by atoms with Crippen LogP contribution in [0.4, 0.5) is 4.39 Å². The van der Waals surface area contributed by atoms with E-state index in [2.05, 4.69) is 0 Å². The average molecular weight is 168 g/mol. The maximum absolute atomic E-state index is 13.0. The Morgan fingerprint density at radius 2 is 2.25 bits per heavy atom. The average Bonchev–Trinajstić information content (AvgIpc) is 2.03. The molecule has 0 aliphatic rings. The zero-order valence-corrected chi connectivity index (χ0v) is 6.62. The molecule has 1 N–H and O–H groups in total. The van der Waals surface area contributed by atoms with E-state index >= 15 is 0 Å². The number of carbonyl (C=O) groups excluding carboxylic acids is 1. The van der Waals surface area contributed by atoms with Crippen molar-refractivity contribution < 1.29 is 14.3 Å². The van der Waals surface area contributed by atoms with Crippen molar-refractivity contribution in [1.82, 2.24) is 0 Å². The van der Waals surface area contributed by atoms with Gasteiger partial charge in [0.1, 0.15) is 17.9 Å². The van der Waals surface area contributed by atoms with Crippen LogP contribution in [0.1, 0.15) is 18.4 Å². The summed E-state index contributed by atoms with van der Waals surface area (Å²) in [7, 11) is 0. The van der Waals surface area contributed by atoms with E-state index in [4.69, 9.17) is 0 Å². The molecule has 1 atom stereocenters. The van der Waals surface area contributed by atoms with Gasteiger partial charge >= 0.3 is 0 Å². The van der Waals surface area contributed by atoms with Crippen LogP contribution in [0.15, 0.2) is 18.2 Å². The molecule has 1 aromatic carbocycles. The number of carbonyl (C=O) groups is 1. The van der Waals surface area contributed by atoms with Crippen LogP contribution < -0.4 is 0 Å². The van der Waals surface area contributed by atoms with E-state index in [1.165, 1.54) is 25.1 Å². The summed E-state index contributed by atoms with van der Waals surface area (Å²) in [5.41, 5.74) is 0.0625. The molecule has 0 fully saturated rings. The highest BCUT2D eigenvalue weighted by Crippen LogP contribution is 2.26. The molecule has 0 aromatic heterocycles. The summed E-state index contributed by atoms with van der Waals surface area (Å²) in [5.74, 6) is -1.32. The third-order valence-electron chi connectivity index (χ3n) is 1.69. The van der Waals surface area contributed by atoms with Crippen molar-refractivity contribution in [2.75, 3.05) is 0 Å². The lowest BCUT2D eigenvalue weighted by atomic mass is 10.0. The molecule has 0 heterocycles. The summed E-state index contributed by atoms with van der Waals surface area (Å²) < 4.78 is 13.0. The van der Waals surface area contributed by atoms with Gasteiger partial charge in [0.25, 0.3) is 0 Å². The predicted octanol–water partition coefficient (Wildman–Crippen LogP) is 1.83. The second-order valence-electron chi connectivity index (χ2n) is 2.60. The van der Waals surface area contributed by atoms with Crippen LogP contribution in [-0.2, 0) is 4.79 Å². The number of halogens is 1. The molecular weight excluding hydrogens is 159 g/mol. The van der Waals surface area contributed by atoms with Gasteiger partial charge in [-0.2, -0.15) is 0 Å². The summed E-state index contributed by atoms with van der Waals surface area (Å²) in [4.78, 5) is 10.3. The fourth-order valence-corrected chi connectivity index (χ4v) is 1.04. The topological polar surface area (TPSA) is 37.3 Å². The Labute approximate surface area is 69.6 Å². The highest BCUT2D eigenvalue weighted by molar-refractivity contribution is 5.63. The first-order chi connectivity index (χ1) is 5.66. The Bertz CT molecular complexity index is 276. The smallest absolute Gasteiger partial charge is 0.130 e. The fourth-order valence-electron chi connectivity index (χ4n) is 1.04. The summed E-state index contributed by atoms with van der Waals surface area (Å²) in [6.07, 6.45) is 0.595. The maximum atomic E-state index is 13.0. The molecule has 0 aliphatic heterocycles. The van der Waals surface area contributed by atoms with E-state index in [1.54, 1.807) is 0 Å². The Morgan fingerprint density at radius 3 is 2.75 bits per heavy atom. The zero-order chi connectivity index (χ0) is 9.14. The molecule has 0 bridgehead atoms. The molecule has 0 aliphatic carbocycles. The van der Waals surface area contributed by atoms with Gasteiger partial charge in [0.2, 0.25) is 0 Å². The van der Waals surface area contributed by atoms with Crippen molar-refractivity contribution in [1.29, 1.82) is 0 Å². The molecule has 0 saturated heterocycles. The lowest BCUT2D eigenvalue weighted by Crippen LogP contribution is -1.98. The van der Waals surface area contributed by atoms with Gasteiger partial charge in [0.05, 0.1) is 0 Å². The van der Waals surface area contributed by atoms with Crippen molar-refractivity contribution in [3.05, 3.63) is 29.6 Å². The van der Waals surface area contributed by atoms with E-state index in [9.17, 15) is 14.3 Å². The molecule has 1 unspecified atom stereocenters. The van der Waals surface area contributed by atoms with Crippen molar-refractivity contribution in [3.63, 3.8) is 0 Å². The van der Waals surface area contributed by atoms with Crippen LogP contribution >= 0.6 is 0 Å². The number of aromatic hydroxyl groups is 1. The minimum atomic E-state index is -0.605. The highest BCUT2D eigenvalue weighted by atomic mass is 19.1. The molecule has 1 rings (SSSR count). The Morgan fingerprint density at radius 1 is 1.58 bits per heavy atom. The summed E-state index contributed by atoms with van der Waals surface area (Å²) in [5, 5.41) is 9.19. The zero-order valence-electron chi connectivity index (χ0n) is 6.62. The number of phenols is 1. The highest BCUT2D eigenvalue weighted by Gasteiger charge is 2.13. The van der Waals surface area contributed by atoms with Gasteiger partial charge in [-0.05, 0) is 12.1 Å². The van der Waals surface area contributed by atoms with Crippen LogP contribution in [0, 0.1) is 5.82 Å². The van der Waals surface area contributed by atoms with Gasteiger partial charge < -0.3 is 9.90 Å². The first-order valence-corrected chi connectivity index (χ1v) is 3.59. The molecule has 0 saturated carbocycles. The molecule has 0 radical (unpaired) electrons. The van der Waals surface area contributed by atoms with Gasteiger partial charge in [-0.3, -0.25) is 0 Å². The number of phenolic OH excluding ortho intramolecular Hbond substituents is 1. The van der Waals surface area contributed by atoms with Crippen LogP contribution in [0.2, 0.25) is 0 Å². The monoisotopic (exact) mass is 168 g/mol. The fraction of sp³-hybridized carbons (Fsp3) is 0.222. The van der Waals surface area contributed by atoms with Crippen molar-refractivity contribution in [2.24, 2.45) is 0 Å². The van der Waals surface area contributed by atoms with E-state index in [1.807, 2.05) is 0 Å². The lowest BCUT2D eigenvalue weighted by molar-refractivity contribution is -0.108. The molecule has 64 valence electrons. The summed E-state index contributed by atoms with van der Waals surface area (Å²) in [6, 6.07) is 3.97. The van der Waals surface area contributed by atoms with Gasteiger partial charge in [0.15, 0.2) is 0 Å². The van der Waals surface area contributed by atoms with Gasteiger partial charge in [-0.1, -0.05) is 13.0 Å². The minimum absolute atomic E-state index is 0.0625. The third-order valence-corrected chi connectivity index (χ3v) is 1.69. The van der Waals surface area contributed by atoms with Crippen LogP contribution in [0.25, 0.3) is 0 Å². The van der Waals surface area contributed by atoms with Gasteiger partial charge in [0, 0.05) is 11.5 Å². The minimum Gasteiger partial charge on any atom is -0.508 e. The van der Waals surface area contributed by atoms with E-state index in [-0.39, 0.29) is 11.3 Å². The standard InChI is InChI=1S/C9H9FO2/c1-6(5-11)9-7(10)3-2-4-8(9)12/h2-6,12H,1H3.